The molecule has 2 amide bonds. The molecule has 21 heavy (non-hydrogen) atoms. The van der Waals surface area contributed by atoms with Crippen molar-refractivity contribution in [1.82, 2.24) is 5.06 Å². The second-order valence-corrected chi connectivity index (χ2v) is 6.12. The number of hydrogen-bond donors (Lipinski definition) is 0. The number of carbonyl (C=O) groups excluding carboxylic acids is 2. The number of hydrogen-bond acceptors (Lipinski definition) is 3. The van der Waals surface area contributed by atoms with E-state index in [1.165, 1.54) is 0 Å². The SMILES string of the molecule is O=C1CC2(CCCCCC2)C(=O)N1OCc1ccccc1. The fourth-order valence-electron chi connectivity index (χ4n) is 3.41. The average molecular weight is 287 g/mol. The summed E-state index contributed by atoms with van der Waals surface area (Å²) in [6.45, 7) is 0.258. The molecule has 3 rings (SSSR count). The first kappa shape index (κ1) is 14.3. The first-order valence-electron chi connectivity index (χ1n) is 7.76. The molecule has 1 aromatic carbocycles. The summed E-state index contributed by atoms with van der Waals surface area (Å²) >= 11 is 0. The molecule has 0 N–H and O–H groups in total. The van der Waals surface area contributed by atoms with Gasteiger partial charge in [0, 0.05) is 6.42 Å². The molecule has 1 heterocycles. The summed E-state index contributed by atoms with van der Waals surface area (Å²) in [6.07, 6.45) is 6.35. The van der Waals surface area contributed by atoms with Gasteiger partial charge in [-0.3, -0.25) is 14.4 Å². The van der Waals surface area contributed by atoms with Crippen LogP contribution in [0.1, 0.15) is 50.5 Å². The van der Waals surface area contributed by atoms with E-state index in [2.05, 4.69) is 0 Å². The highest BCUT2D eigenvalue weighted by atomic mass is 16.7. The molecule has 0 unspecified atom stereocenters. The van der Waals surface area contributed by atoms with Crippen LogP contribution < -0.4 is 0 Å². The number of benzene rings is 1. The third-order valence-electron chi connectivity index (χ3n) is 4.62. The van der Waals surface area contributed by atoms with Gasteiger partial charge in [0.05, 0.1) is 5.41 Å². The van der Waals surface area contributed by atoms with Gasteiger partial charge < -0.3 is 0 Å². The van der Waals surface area contributed by atoms with Crippen molar-refractivity contribution in [3.63, 3.8) is 0 Å². The second kappa shape index (κ2) is 5.98. The summed E-state index contributed by atoms with van der Waals surface area (Å²) in [6, 6.07) is 9.60. The van der Waals surface area contributed by atoms with Crippen molar-refractivity contribution in [1.29, 1.82) is 0 Å². The molecule has 2 fully saturated rings. The number of carbonyl (C=O) groups is 2. The standard InChI is InChI=1S/C17H21NO3/c19-15-12-17(10-6-1-2-7-11-17)16(20)18(15)21-13-14-8-4-3-5-9-14/h3-5,8-9H,1-2,6-7,10-13H2. The molecule has 1 saturated heterocycles. The Kier molecular flexibility index (Phi) is 4.06. The van der Waals surface area contributed by atoms with Gasteiger partial charge in [-0.1, -0.05) is 56.0 Å². The molecule has 1 aliphatic carbocycles. The lowest BCUT2D eigenvalue weighted by Gasteiger charge is -2.24. The predicted molar refractivity (Wildman–Crippen MR) is 77.8 cm³/mol. The highest BCUT2D eigenvalue weighted by Crippen LogP contribution is 2.44. The van der Waals surface area contributed by atoms with Gasteiger partial charge in [-0.2, -0.15) is 5.06 Å². The number of imide groups is 1. The Morgan fingerprint density at radius 2 is 1.67 bits per heavy atom. The number of rotatable bonds is 3. The van der Waals surface area contributed by atoms with Crippen LogP contribution in [0.4, 0.5) is 0 Å². The maximum Gasteiger partial charge on any atom is 0.260 e. The van der Waals surface area contributed by atoms with E-state index >= 15 is 0 Å². The van der Waals surface area contributed by atoms with E-state index < -0.39 is 5.41 Å². The van der Waals surface area contributed by atoms with Gasteiger partial charge in [0.15, 0.2) is 0 Å². The van der Waals surface area contributed by atoms with Gasteiger partial charge in [0.2, 0.25) is 0 Å². The zero-order chi connectivity index (χ0) is 14.7. The lowest BCUT2D eigenvalue weighted by Crippen LogP contribution is -2.35. The van der Waals surface area contributed by atoms with Crippen LogP contribution in [-0.2, 0) is 21.0 Å². The lowest BCUT2D eigenvalue weighted by molar-refractivity contribution is -0.194. The van der Waals surface area contributed by atoms with Crippen molar-refractivity contribution >= 4 is 11.8 Å². The average Bonchev–Trinajstić information content (AvgIpc) is 2.67. The fraction of sp³-hybridized carbons (Fsp3) is 0.529. The van der Waals surface area contributed by atoms with Crippen LogP contribution in [-0.4, -0.2) is 16.9 Å². The summed E-state index contributed by atoms with van der Waals surface area (Å²) in [5.74, 6) is -0.303. The zero-order valence-corrected chi connectivity index (χ0v) is 12.2. The van der Waals surface area contributed by atoms with Crippen molar-refractivity contribution < 1.29 is 14.4 Å². The molecule has 0 aromatic heterocycles. The van der Waals surface area contributed by atoms with Gasteiger partial charge in [-0.05, 0) is 18.4 Å². The molecule has 2 aliphatic rings. The van der Waals surface area contributed by atoms with E-state index in [0.717, 1.165) is 49.2 Å². The first-order chi connectivity index (χ1) is 10.2. The maximum absolute atomic E-state index is 12.6. The van der Waals surface area contributed by atoms with E-state index in [0.29, 0.717) is 6.42 Å². The Hall–Kier alpha value is -1.68. The van der Waals surface area contributed by atoms with Crippen LogP contribution in [0.2, 0.25) is 0 Å². The lowest BCUT2D eigenvalue weighted by atomic mass is 9.79. The van der Waals surface area contributed by atoms with Crippen molar-refractivity contribution in [2.75, 3.05) is 0 Å². The van der Waals surface area contributed by atoms with Crippen molar-refractivity contribution in [3.05, 3.63) is 35.9 Å². The Balaban J connectivity index is 1.69. The molecule has 0 bridgehead atoms. The Labute approximate surface area is 125 Å². The highest BCUT2D eigenvalue weighted by Gasteiger charge is 2.51. The summed E-state index contributed by atoms with van der Waals surface area (Å²) in [5, 5.41) is 1.03. The normalized spacial score (nSPS) is 21.8. The third kappa shape index (κ3) is 2.86. The van der Waals surface area contributed by atoms with Crippen LogP contribution in [0.25, 0.3) is 0 Å². The molecule has 1 aliphatic heterocycles. The van der Waals surface area contributed by atoms with E-state index in [9.17, 15) is 9.59 Å². The monoisotopic (exact) mass is 287 g/mol. The molecule has 0 atom stereocenters. The number of amides is 2. The smallest absolute Gasteiger partial charge is 0.260 e. The molecule has 4 heteroatoms. The summed E-state index contributed by atoms with van der Waals surface area (Å²) in [5.41, 5.74) is 0.476. The molecular formula is C17H21NO3. The summed E-state index contributed by atoms with van der Waals surface area (Å²) in [7, 11) is 0. The van der Waals surface area contributed by atoms with Gasteiger partial charge in [0.25, 0.3) is 11.8 Å². The fourth-order valence-corrected chi connectivity index (χ4v) is 3.41. The molecular weight excluding hydrogens is 266 g/mol. The number of nitrogens with zero attached hydrogens (tertiary/aromatic N) is 1. The van der Waals surface area contributed by atoms with E-state index in [1.54, 1.807) is 0 Å². The Morgan fingerprint density at radius 1 is 1.00 bits per heavy atom. The van der Waals surface area contributed by atoms with Crippen LogP contribution in [0.3, 0.4) is 0 Å². The first-order valence-corrected chi connectivity index (χ1v) is 7.76. The Bertz CT molecular complexity index is 518. The second-order valence-electron chi connectivity index (χ2n) is 6.12. The van der Waals surface area contributed by atoms with Gasteiger partial charge in [-0.15, -0.1) is 0 Å². The largest absolute Gasteiger partial charge is 0.272 e. The summed E-state index contributed by atoms with van der Waals surface area (Å²) in [4.78, 5) is 30.3. The van der Waals surface area contributed by atoms with Crippen LogP contribution >= 0.6 is 0 Å². The minimum absolute atomic E-state index is 0.120. The molecule has 4 nitrogen and oxygen atoms in total. The van der Waals surface area contributed by atoms with Crippen molar-refractivity contribution in [2.45, 2.75) is 51.6 Å². The molecule has 112 valence electrons. The molecule has 0 radical (unpaired) electrons. The van der Waals surface area contributed by atoms with Crippen LogP contribution in [0.15, 0.2) is 30.3 Å². The topological polar surface area (TPSA) is 46.6 Å². The van der Waals surface area contributed by atoms with Crippen molar-refractivity contribution in [3.8, 4) is 0 Å². The maximum atomic E-state index is 12.6. The van der Waals surface area contributed by atoms with E-state index in [1.807, 2.05) is 30.3 Å². The highest BCUT2D eigenvalue weighted by molar-refractivity contribution is 6.04. The molecule has 1 saturated carbocycles. The minimum Gasteiger partial charge on any atom is -0.272 e. The van der Waals surface area contributed by atoms with E-state index in [4.69, 9.17) is 4.84 Å². The van der Waals surface area contributed by atoms with Gasteiger partial charge in [-0.25, -0.2) is 0 Å². The van der Waals surface area contributed by atoms with Gasteiger partial charge >= 0.3 is 0 Å². The minimum atomic E-state index is -0.482. The Morgan fingerprint density at radius 3 is 2.33 bits per heavy atom. The third-order valence-corrected chi connectivity index (χ3v) is 4.62. The predicted octanol–water partition coefficient (Wildman–Crippen LogP) is 3.22. The zero-order valence-electron chi connectivity index (χ0n) is 12.2. The van der Waals surface area contributed by atoms with Gasteiger partial charge in [0.1, 0.15) is 6.61 Å². The van der Waals surface area contributed by atoms with Crippen LogP contribution in [0.5, 0.6) is 0 Å². The van der Waals surface area contributed by atoms with E-state index in [-0.39, 0.29) is 18.4 Å². The van der Waals surface area contributed by atoms with Crippen LogP contribution in [0, 0.1) is 5.41 Å². The quantitative estimate of drug-likeness (QED) is 0.802. The molecule has 1 aromatic rings. The summed E-state index contributed by atoms with van der Waals surface area (Å²) < 4.78 is 0. The molecule has 1 spiro atoms. The number of hydroxylamine groups is 2. The van der Waals surface area contributed by atoms with Crippen molar-refractivity contribution in [2.24, 2.45) is 5.41 Å².